The van der Waals surface area contributed by atoms with Crippen molar-refractivity contribution in [2.75, 3.05) is 0 Å². The van der Waals surface area contributed by atoms with Crippen molar-refractivity contribution in [2.24, 2.45) is 23.2 Å². The minimum absolute atomic E-state index is 0.717. The molecule has 0 bridgehead atoms. The fourth-order valence-electron chi connectivity index (χ4n) is 2.62. The lowest BCUT2D eigenvalue weighted by molar-refractivity contribution is -0.0203. The lowest BCUT2D eigenvalue weighted by atomic mass is 9.53. The average Bonchev–Trinajstić information content (AvgIpc) is 1.84. The maximum atomic E-state index is 2.39. The molecule has 0 heteroatoms. The predicted molar refractivity (Wildman–Crippen MR) is 55.1 cm³/mol. The van der Waals surface area contributed by atoms with Crippen LogP contribution in [0.1, 0.15) is 53.9 Å². The Kier molecular flexibility index (Phi) is 2.85. The van der Waals surface area contributed by atoms with Crippen molar-refractivity contribution in [3.05, 3.63) is 0 Å². The summed E-state index contributed by atoms with van der Waals surface area (Å²) in [6.45, 7) is 11.9. The van der Waals surface area contributed by atoms with Gasteiger partial charge in [-0.3, -0.25) is 0 Å². The zero-order chi connectivity index (χ0) is 9.35. The van der Waals surface area contributed by atoms with Gasteiger partial charge < -0.3 is 0 Å². The fraction of sp³-hybridized carbons (Fsp3) is 1.00. The van der Waals surface area contributed by atoms with Crippen LogP contribution in [0.3, 0.4) is 0 Å². The fourth-order valence-corrected chi connectivity index (χ4v) is 2.62. The third-order valence-corrected chi connectivity index (χ3v) is 4.21. The third kappa shape index (κ3) is 1.53. The molecule has 0 aromatic heterocycles. The standard InChI is InChI=1S/C12H24/c1-6-12(10(4)5)7-11(8-12)9(2)3/h9-11H,6-8H2,1-5H3. The minimum atomic E-state index is 0.717. The van der Waals surface area contributed by atoms with Crippen LogP contribution in [0.15, 0.2) is 0 Å². The van der Waals surface area contributed by atoms with E-state index in [1.54, 1.807) is 0 Å². The average molecular weight is 168 g/mol. The summed E-state index contributed by atoms with van der Waals surface area (Å²) in [4.78, 5) is 0. The first-order chi connectivity index (χ1) is 5.52. The summed E-state index contributed by atoms with van der Waals surface area (Å²) in [5, 5.41) is 0. The van der Waals surface area contributed by atoms with Crippen LogP contribution in [0.25, 0.3) is 0 Å². The van der Waals surface area contributed by atoms with Gasteiger partial charge in [0.25, 0.3) is 0 Å². The van der Waals surface area contributed by atoms with E-state index in [2.05, 4.69) is 34.6 Å². The Hall–Kier alpha value is 0. The molecule has 0 saturated heterocycles. The topological polar surface area (TPSA) is 0 Å². The summed E-state index contributed by atoms with van der Waals surface area (Å²) in [5.74, 6) is 2.81. The highest BCUT2D eigenvalue weighted by atomic mass is 14.5. The van der Waals surface area contributed by atoms with E-state index in [1.807, 2.05) is 0 Å². The summed E-state index contributed by atoms with van der Waals surface area (Å²) in [5.41, 5.74) is 0.717. The van der Waals surface area contributed by atoms with Crippen LogP contribution in [0.4, 0.5) is 0 Å². The Balaban J connectivity index is 2.46. The van der Waals surface area contributed by atoms with Crippen molar-refractivity contribution in [3.8, 4) is 0 Å². The van der Waals surface area contributed by atoms with Crippen LogP contribution in [-0.2, 0) is 0 Å². The maximum absolute atomic E-state index is 2.39. The predicted octanol–water partition coefficient (Wildman–Crippen LogP) is 4.10. The van der Waals surface area contributed by atoms with E-state index < -0.39 is 0 Å². The summed E-state index contributed by atoms with van der Waals surface area (Å²) in [6, 6.07) is 0. The van der Waals surface area contributed by atoms with E-state index in [9.17, 15) is 0 Å². The summed E-state index contributed by atoms with van der Waals surface area (Å²) in [6.07, 6.45) is 4.35. The Morgan fingerprint density at radius 2 is 1.67 bits per heavy atom. The molecule has 1 aliphatic rings. The molecule has 0 aromatic carbocycles. The minimum Gasteiger partial charge on any atom is -0.0648 e. The molecule has 1 saturated carbocycles. The van der Waals surface area contributed by atoms with Crippen LogP contribution in [0, 0.1) is 23.2 Å². The van der Waals surface area contributed by atoms with Crippen molar-refractivity contribution in [1.82, 2.24) is 0 Å². The second kappa shape index (κ2) is 3.40. The van der Waals surface area contributed by atoms with Crippen molar-refractivity contribution < 1.29 is 0 Å². The molecule has 0 spiro atoms. The van der Waals surface area contributed by atoms with Crippen LogP contribution < -0.4 is 0 Å². The Labute approximate surface area is 77.7 Å². The summed E-state index contributed by atoms with van der Waals surface area (Å²) < 4.78 is 0. The van der Waals surface area contributed by atoms with Crippen molar-refractivity contribution >= 4 is 0 Å². The molecular formula is C12H24. The molecule has 0 atom stereocenters. The molecule has 0 N–H and O–H groups in total. The SMILES string of the molecule is CCC1(C(C)C)CC(C(C)C)C1. The van der Waals surface area contributed by atoms with E-state index in [4.69, 9.17) is 0 Å². The molecule has 1 fully saturated rings. The highest BCUT2D eigenvalue weighted by molar-refractivity contribution is 4.95. The molecule has 0 radical (unpaired) electrons. The van der Waals surface area contributed by atoms with E-state index in [-0.39, 0.29) is 0 Å². The zero-order valence-corrected chi connectivity index (χ0v) is 9.35. The Morgan fingerprint density at radius 3 is 1.92 bits per heavy atom. The monoisotopic (exact) mass is 168 g/mol. The zero-order valence-electron chi connectivity index (χ0n) is 9.35. The second-order valence-corrected chi connectivity index (χ2v) is 5.28. The van der Waals surface area contributed by atoms with Gasteiger partial charge in [-0.05, 0) is 36.0 Å². The van der Waals surface area contributed by atoms with Gasteiger partial charge in [0.2, 0.25) is 0 Å². The van der Waals surface area contributed by atoms with E-state index >= 15 is 0 Å². The molecular weight excluding hydrogens is 144 g/mol. The molecule has 12 heavy (non-hydrogen) atoms. The summed E-state index contributed by atoms with van der Waals surface area (Å²) in [7, 11) is 0. The van der Waals surface area contributed by atoms with Gasteiger partial charge in [0.15, 0.2) is 0 Å². The Bertz CT molecular complexity index is 138. The van der Waals surface area contributed by atoms with Crippen molar-refractivity contribution in [1.29, 1.82) is 0 Å². The van der Waals surface area contributed by atoms with Crippen LogP contribution in [0.5, 0.6) is 0 Å². The van der Waals surface area contributed by atoms with Crippen molar-refractivity contribution in [3.63, 3.8) is 0 Å². The molecule has 0 aliphatic heterocycles. The van der Waals surface area contributed by atoms with Gasteiger partial charge >= 0.3 is 0 Å². The van der Waals surface area contributed by atoms with Gasteiger partial charge in [-0.2, -0.15) is 0 Å². The molecule has 1 rings (SSSR count). The second-order valence-electron chi connectivity index (χ2n) is 5.28. The van der Waals surface area contributed by atoms with Crippen molar-refractivity contribution in [2.45, 2.75) is 53.9 Å². The summed E-state index contributed by atoms with van der Waals surface area (Å²) >= 11 is 0. The normalized spacial score (nSPS) is 35.8. The van der Waals surface area contributed by atoms with Gasteiger partial charge in [0.05, 0.1) is 0 Å². The first kappa shape index (κ1) is 10.1. The van der Waals surface area contributed by atoms with Crippen LogP contribution >= 0.6 is 0 Å². The molecule has 0 amide bonds. The molecule has 72 valence electrons. The van der Waals surface area contributed by atoms with Gasteiger partial charge in [-0.1, -0.05) is 41.0 Å². The number of hydrogen-bond donors (Lipinski definition) is 0. The number of hydrogen-bond acceptors (Lipinski definition) is 0. The van der Waals surface area contributed by atoms with Gasteiger partial charge in [0.1, 0.15) is 0 Å². The molecule has 0 aromatic rings. The quantitative estimate of drug-likeness (QED) is 0.595. The molecule has 0 nitrogen and oxygen atoms in total. The lowest BCUT2D eigenvalue weighted by Gasteiger charge is -2.52. The van der Waals surface area contributed by atoms with Crippen LogP contribution in [-0.4, -0.2) is 0 Å². The maximum Gasteiger partial charge on any atom is -0.0272 e. The van der Waals surface area contributed by atoms with E-state index in [0.717, 1.165) is 23.2 Å². The first-order valence-electron chi connectivity index (χ1n) is 5.52. The highest BCUT2D eigenvalue weighted by Gasteiger charge is 2.45. The first-order valence-corrected chi connectivity index (χ1v) is 5.52. The van der Waals surface area contributed by atoms with E-state index in [1.165, 1.54) is 19.3 Å². The smallest absolute Gasteiger partial charge is 0.0272 e. The molecule has 0 heterocycles. The third-order valence-electron chi connectivity index (χ3n) is 4.21. The van der Waals surface area contributed by atoms with Gasteiger partial charge in [-0.15, -0.1) is 0 Å². The lowest BCUT2D eigenvalue weighted by Crippen LogP contribution is -2.42. The molecule has 1 aliphatic carbocycles. The largest absolute Gasteiger partial charge is 0.0648 e. The Morgan fingerprint density at radius 1 is 1.17 bits per heavy atom. The number of rotatable bonds is 3. The van der Waals surface area contributed by atoms with Gasteiger partial charge in [0, 0.05) is 0 Å². The molecule has 0 unspecified atom stereocenters. The van der Waals surface area contributed by atoms with Gasteiger partial charge in [-0.25, -0.2) is 0 Å². The van der Waals surface area contributed by atoms with Crippen LogP contribution in [0.2, 0.25) is 0 Å². The highest BCUT2D eigenvalue weighted by Crippen LogP contribution is 2.55. The van der Waals surface area contributed by atoms with E-state index in [0.29, 0.717) is 0 Å².